The summed E-state index contributed by atoms with van der Waals surface area (Å²) in [4.78, 5) is 29.2. The lowest BCUT2D eigenvalue weighted by Gasteiger charge is -2.46. The number of cyclic esters (lactones) is 1. The molecule has 1 amide bonds. The number of hydrogen-bond acceptors (Lipinski definition) is 7. The minimum absolute atomic E-state index is 0.0742. The molecule has 3 atom stereocenters. The van der Waals surface area contributed by atoms with Gasteiger partial charge in [-0.3, -0.25) is 9.69 Å². The van der Waals surface area contributed by atoms with Crippen LogP contribution in [0.15, 0.2) is 23.8 Å². The highest BCUT2D eigenvalue weighted by atomic mass is 19.1. The molecule has 9 heteroatoms. The molecule has 0 N–H and O–H groups in total. The fourth-order valence-corrected chi connectivity index (χ4v) is 6.04. The van der Waals surface area contributed by atoms with E-state index in [1.165, 1.54) is 18.7 Å². The second-order valence-corrected chi connectivity index (χ2v) is 9.84. The summed E-state index contributed by atoms with van der Waals surface area (Å²) >= 11 is 0. The highest BCUT2D eigenvalue weighted by molar-refractivity contribution is 5.80. The molecular weight excluding hydrogens is 453 g/mol. The van der Waals surface area contributed by atoms with Crippen LogP contribution in [0.2, 0.25) is 0 Å². The number of benzene rings is 1. The molecule has 0 aromatic heterocycles. The van der Waals surface area contributed by atoms with Gasteiger partial charge in [0.1, 0.15) is 24.2 Å². The van der Waals surface area contributed by atoms with Crippen molar-refractivity contribution >= 4 is 11.9 Å². The van der Waals surface area contributed by atoms with Gasteiger partial charge in [-0.05, 0) is 31.4 Å². The Morgan fingerprint density at radius 1 is 1.31 bits per heavy atom. The van der Waals surface area contributed by atoms with Crippen LogP contribution in [-0.2, 0) is 25.5 Å². The topological polar surface area (TPSA) is 92.1 Å². The number of amides is 1. The number of piperazine rings is 1. The summed E-state index contributed by atoms with van der Waals surface area (Å²) in [5, 5.41) is 9.10. The first-order valence-electron chi connectivity index (χ1n) is 12.2. The minimum Gasteiger partial charge on any atom is -0.495 e. The zero-order valence-electron chi connectivity index (χ0n) is 19.9. The van der Waals surface area contributed by atoms with E-state index in [1.807, 2.05) is 6.07 Å². The number of carbonyl (C=O) groups is 2. The van der Waals surface area contributed by atoms with Gasteiger partial charge in [-0.25, -0.2) is 9.18 Å². The normalized spacial score (nSPS) is 28.4. The Labute approximate surface area is 204 Å². The Morgan fingerprint density at radius 2 is 2.11 bits per heavy atom. The molecule has 3 saturated heterocycles. The van der Waals surface area contributed by atoms with Crippen molar-refractivity contribution in [2.24, 2.45) is 11.3 Å². The summed E-state index contributed by atoms with van der Waals surface area (Å²) in [6.07, 6.45) is 4.74. The van der Waals surface area contributed by atoms with Crippen LogP contribution in [0.5, 0.6) is 5.75 Å². The number of nitrogens with zero attached hydrogens (tertiary/aromatic N) is 3. The molecule has 8 nitrogen and oxygen atoms in total. The number of esters is 1. The van der Waals surface area contributed by atoms with Gasteiger partial charge in [-0.1, -0.05) is 11.6 Å². The van der Waals surface area contributed by atoms with E-state index in [-0.39, 0.29) is 46.5 Å². The Balaban J connectivity index is 1.18. The lowest BCUT2D eigenvalue weighted by Crippen LogP contribution is -2.54. The molecule has 0 saturated carbocycles. The number of nitriles is 1. The van der Waals surface area contributed by atoms with Gasteiger partial charge in [0.25, 0.3) is 0 Å². The Hall–Kier alpha value is -2.96. The van der Waals surface area contributed by atoms with Crippen LogP contribution in [0.3, 0.4) is 0 Å². The monoisotopic (exact) mass is 483 g/mol. The molecule has 4 aliphatic rings. The van der Waals surface area contributed by atoms with Crippen molar-refractivity contribution < 1.29 is 28.2 Å². The number of hydrogen-bond donors (Lipinski definition) is 0. The van der Waals surface area contributed by atoms with E-state index in [4.69, 9.17) is 19.5 Å². The van der Waals surface area contributed by atoms with E-state index in [0.29, 0.717) is 26.3 Å². The smallest absolute Gasteiger partial charge is 0.336 e. The summed E-state index contributed by atoms with van der Waals surface area (Å²) in [5.74, 6) is -0.477. The van der Waals surface area contributed by atoms with E-state index in [0.717, 1.165) is 45.0 Å². The van der Waals surface area contributed by atoms with Crippen molar-refractivity contribution in [3.63, 3.8) is 0 Å². The number of methoxy groups -OCH3 is 1. The molecule has 1 aliphatic carbocycles. The molecular formula is C26H30FN3O5. The number of halogens is 1. The molecule has 3 heterocycles. The van der Waals surface area contributed by atoms with Crippen molar-refractivity contribution in [2.45, 2.75) is 31.8 Å². The largest absolute Gasteiger partial charge is 0.495 e. The molecule has 1 aromatic rings. The summed E-state index contributed by atoms with van der Waals surface area (Å²) in [6, 6.07) is 4.45. The summed E-state index contributed by atoms with van der Waals surface area (Å²) in [7, 11) is 1.42. The van der Waals surface area contributed by atoms with Crippen molar-refractivity contribution in [3.8, 4) is 11.8 Å². The molecule has 1 spiro atoms. The third kappa shape index (κ3) is 4.30. The maximum Gasteiger partial charge on any atom is 0.336 e. The van der Waals surface area contributed by atoms with Crippen LogP contribution in [-0.4, -0.2) is 80.8 Å². The summed E-state index contributed by atoms with van der Waals surface area (Å²) in [5.41, 5.74) is 1.35. The SMILES string of the molecule is COc1cc(CC(=O)N2CCN(CC3COC4C(=O)OCC45CCCC=C35)CC2)c(F)cc1C#N. The molecule has 1 aromatic carbocycles. The van der Waals surface area contributed by atoms with Crippen LogP contribution in [0.1, 0.15) is 30.4 Å². The van der Waals surface area contributed by atoms with Crippen LogP contribution in [0.4, 0.5) is 4.39 Å². The summed E-state index contributed by atoms with van der Waals surface area (Å²) in [6.45, 7) is 4.31. The minimum atomic E-state index is -0.575. The van der Waals surface area contributed by atoms with Crippen LogP contribution < -0.4 is 4.74 Å². The first-order valence-corrected chi connectivity index (χ1v) is 12.2. The summed E-state index contributed by atoms with van der Waals surface area (Å²) < 4.78 is 31.0. The molecule has 186 valence electrons. The van der Waals surface area contributed by atoms with Gasteiger partial charge in [-0.15, -0.1) is 0 Å². The molecule has 3 unspecified atom stereocenters. The van der Waals surface area contributed by atoms with E-state index < -0.39 is 11.9 Å². The average Bonchev–Trinajstić information content (AvgIpc) is 3.20. The first-order chi connectivity index (χ1) is 16.9. The van der Waals surface area contributed by atoms with Gasteiger partial charge in [0, 0.05) is 44.2 Å². The number of rotatable bonds is 5. The van der Waals surface area contributed by atoms with E-state index in [1.54, 1.807) is 4.90 Å². The number of allylic oxidation sites excluding steroid dienone is 1. The van der Waals surface area contributed by atoms with Gasteiger partial charge in [-0.2, -0.15) is 5.26 Å². The number of ether oxygens (including phenoxy) is 3. The van der Waals surface area contributed by atoms with Crippen molar-refractivity contribution in [3.05, 3.63) is 40.7 Å². The predicted molar refractivity (Wildman–Crippen MR) is 123 cm³/mol. The molecule has 3 fully saturated rings. The Bertz CT molecular complexity index is 1090. The molecule has 3 aliphatic heterocycles. The number of carbonyl (C=O) groups excluding carboxylic acids is 2. The zero-order valence-corrected chi connectivity index (χ0v) is 19.9. The van der Waals surface area contributed by atoms with Crippen LogP contribution in [0, 0.1) is 28.5 Å². The Morgan fingerprint density at radius 3 is 2.86 bits per heavy atom. The highest BCUT2D eigenvalue weighted by Gasteiger charge is 2.58. The maximum absolute atomic E-state index is 14.4. The van der Waals surface area contributed by atoms with Crippen molar-refractivity contribution in [2.75, 3.05) is 53.0 Å². The van der Waals surface area contributed by atoms with Gasteiger partial charge >= 0.3 is 5.97 Å². The van der Waals surface area contributed by atoms with Crippen molar-refractivity contribution in [1.82, 2.24) is 9.80 Å². The van der Waals surface area contributed by atoms with Gasteiger partial charge in [0.15, 0.2) is 6.10 Å². The first kappa shape index (κ1) is 23.8. The zero-order chi connectivity index (χ0) is 24.6. The van der Waals surface area contributed by atoms with Gasteiger partial charge < -0.3 is 19.1 Å². The fraction of sp³-hybridized carbons (Fsp3) is 0.577. The maximum atomic E-state index is 14.4. The second kappa shape index (κ2) is 9.59. The van der Waals surface area contributed by atoms with E-state index >= 15 is 0 Å². The standard InChI is InChI=1S/C26H30FN3O5/c1-33-22-11-17(21(27)10-18(22)13-28)12-23(31)30-8-6-29(7-9-30)14-19-15-34-24-25(32)35-16-26(24)5-3-2-4-20(19)26/h4,10-11,19,24H,2-3,5-9,12,14-16H2,1H3. The van der Waals surface area contributed by atoms with Crippen LogP contribution >= 0.6 is 0 Å². The van der Waals surface area contributed by atoms with Gasteiger partial charge in [0.2, 0.25) is 5.91 Å². The fourth-order valence-electron chi connectivity index (χ4n) is 6.04. The highest BCUT2D eigenvalue weighted by Crippen LogP contribution is 2.51. The third-order valence-corrected chi connectivity index (χ3v) is 7.89. The van der Waals surface area contributed by atoms with E-state index in [9.17, 15) is 14.0 Å². The third-order valence-electron chi connectivity index (χ3n) is 7.89. The predicted octanol–water partition coefficient (Wildman–Crippen LogP) is 2.06. The quantitative estimate of drug-likeness (QED) is 0.468. The molecule has 0 bridgehead atoms. The van der Waals surface area contributed by atoms with Crippen molar-refractivity contribution in [1.29, 1.82) is 5.26 Å². The van der Waals surface area contributed by atoms with Crippen LogP contribution in [0.25, 0.3) is 0 Å². The van der Waals surface area contributed by atoms with Gasteiger partial charge in [0.05, 0.1) is 31.1 Å². The van der Waals surface area contributed by atoms with E-state index in [2.05, 4.69) is 11.0 Å². The molecule has 0 radical (unpaired) electrons. The average molecular weight is 484 g/mol. The molecule has 35 heavy (non-hydrogen) atoms. The lowest BCUT2D eigenvalue weighted by molar-refractivity contribution is -0.151. The molecule has 5 rings (SSSR count). The second-order valence-electron chi connectivity index (χ2n) is 9.84. The Kier molecular flexibility index (Phi) is 6.51. The lowest BCUT2D eigenvalue weighted by atomic mass is 9.64.